The van der Waals surface area contributed by atoms with Gasteiger partial charge >= 0.3 is 11.0 Å². The Morgan fingerprint density at radius 3 is 2.70 bits per heavy atom. The van der Waals surface area contributed by atoms with Crippen molar-refractivity contribution in [3.8, 4) is 0 Å². The van der Waals surface area contributed by atoms with Crippen molar-refractivity contribution in [2.24, 2.45) is 5.73 Å². The summed E-state index contributed by atoms with van der Waals surface area (Å²) in [7, 11) is 0. The molecule has 0 radical (unpaired) electrons. The van der Waals surface area contributed by atoms with Crippen LogP contribution in [0.4, 0.5) is 14.9 Å². The molecule has 0 aliphatic carbocycles. The van der Waals surface area contributed by atoms with Gasteiger partial charge in [0, 0.05) is 12.1 Å². The first kappa shape index (κ1) is 15.5. The minimum atomic E-state index is -1.07. The highest BCUT2D eigenvalue weighted by molar-refractivity contribution is 7.16. The molecule has 0 saturated carbocycles. The number of anilines is 1. The van der Waals surface area contributed by atoms with E-state index in [1.165, 1.54) is 10.6 Å². The van der Waals surface area contributed by atoms with E-state index in [1.807, 2.05) is 0 Å². The van der Waals surface area contributed by atoms with Crippen LogP contribution in [0.25, 0.3) is 10.2 Å². The second-order valence-corrected chi connectivity index (χ2v) is 6.48. The third kappa shape index (κ3) is 2.46. The summed E-state index contributed by atoms with van der Waals surface area (Å²) in [5.41, 5.74) is 5.55. The van der Waals surface area contributed by atoms with Gasteiger partial charge in [0.05, 0.1) is 22.4 Å². The lowest BCUT2D eigenvalue weighted by Crippen LogP contribution is -2.32. The van der Waals surface area contributed by atoms with Gasteiger partial charge in [0.15, 0.2) is 11.9 Å². The number of nitrogens with zero attached hydrogens (tertiary/aromatic N) is 2. The van der Waals surface area contributed by atoms with Gasteiger partial charge in [0.2, 0.25) is 0 Å². The van der Waals surface area contributed by atoms with Gasteiger partial charge in [-0.3, -0.25) is 19.1 Å². The Morgan fingerprint density at radius 1 is 1.43 bits per heavy atom. The van der Waals surface area contributed by atoms with Crippen LogP contribution in [0.15, 0.2) is 16.9 Å². The molecule has 1 fully saturated rings. The largest absolute Gasteiger partial charge is 0.434 e. The molecule has 1 aromatic heterocycles. The Labute approximate surface area is 134 Å². The fourth-order valence-electron chi connectivity index (χ4n) is 2.55. The van der Waals surface area contributed by atoms with Crippen molar-refractivity contribution < 1.29 is 18.7 Å². The molecule has 0 spiro atoms. The molecular formula is C14H14FN3O4S. The van der Waals surface area contributed by atoms with E-state index in [9.17, 15) is 18.8 Å². The molecule has 0 unspecified atom stereocenters. The van der Waals surface area contributed by atoms with E-state index in [1.54, 1.807) is 13.8 Å². The predicted molar refractivity (Wildman–Crippen MR) is 83.2 cm³/mol. The summed E-state index contributed by atoms with van der Waals surface area (Å²) in [6.07, 6.45) is -1.84. The molecule has 7 nitrogen and oxygen atoms in total. The number of carbonyl (C=O) groups excluding carboxylic acids is 2. The third-order valence-corrected chi connectivity index (χ3v) is 4.51. The molecule has 3 rings (SSSR count). The van der Waals surface area contributed by atoms with Crippen LogP contribution in [-0.2, 0) is 9.53 Å². The molecule has 0 bridgehead atoms. The maximum Gasteiger partial charge on any atom is 0.415 e. The van der Waals surface area contributed by atoms with Gasteiger partial charge in [0.25, 0.3) is 5.91 Å². The van der Waals surface area contributed by atoms with Gasteiger partial charge in [-0.1, -0.05) is 11.3 Å². The SMILES string of the molecule is CC(C)n1c(=O)sc2cc(N3C[C@H](C(N)=O)OC3=O)cc(F)c21. The molecular weight excluding hydrogens is 325 g/mol. The Hall–Kier alpha value is -2.42. The summed E-state index contributed by atoms with van der Waals surface area (Å²) in [5.74, 6) is -1.38. The summed E-state index contributed by atoms with van der Waals surface area (Å²) in [4.78, 5) is 35.8. The maximum atomic E-state index is 14.5. The third-order valence-electron chi connectivity index (χ3n) is 3.61. The number of amides is 2. The van der Waals surface area contributed by atoms with E-state index in [2.05, 4.69) is 0 Å². The number of nitrogens with two attached hydrogens (primary N) is 1. The van der Waals surface area contributed by atoms with Crippen LogP contribution >= 0.6 is 11.3 Å². The average Bonchev–Trinajstić information content (AvgIpc) is 2.98. The normalized spacial score (nSPS) is 18.0. The lowest BCUT2D eigenvalue weighted by molar-refractivity contribution is -0.124. The van der Waals surface area contributed by atoms with Gasteiger partial charge < -0.3 is 10.5 Å². The molecule has 23 heavy (non-hydrogen) atoms. The molecule has 2 N–H and O–H groups in total. The van der Waals surface area contributed by atoms with Gasteiger partial charge in [-0.15, -0.1) is 0 Å². The highest BCUT2D eigenvalue weighted by Crippen LogP contribution is 2.31. The van der Waals surface area contributed by atoms with E-state index in [-0.39, 0.29) is 28.7 Å². The predicted octanol–water partition coefficient (Wildman–Crippen LogP) is 1.59. The monoisotopic (exact) mass is 339 g/mol. The molecule has 1 saturated heterocycles. The first-order valence-electron chi connectivity index (χ1n) is 6.91. The van der Waals surface area contributed by atoms with Crippen LogP contribution in [0, 0.1) is 5.82 Å². The van der Waals surface area contributed by atoms with Crippen LogP contribution in [-0.4, -0.2) is 29.2 Å². The lowest BCUT2D eigenvalue weighted by atomic mass is 10.2. The second-order valence-electron chi connectivity index (χ2n) is 5.49. The first-order valence-corrected chi connectivity index (χ1v) is 7.73. The minimum absolute atomic E-state index is 0.0844. The standard InChI is InChI=1S/C14H14FN3O4S/c1-6(2)18-11-8(15)3-7(4-10(11)23-14(18)21)17-5-9(12(16)19)22-13(17)20/h3-4,6,9H,5H2,1-2H3,(H2,16,19)/t9-/m1/s1. The van der Waals surface area contributed by atoms with E-state index >= 15 is 0 Å². The Kier molecular flexibility index (Phi) is 3.59. The van der Waals surface area contributed by atoms with Gasteiger partial charge in [-0.2, -0.15) is 0 Å². The number of thiazole rings is 1. The zero-order valence-electron chi connectivity index (χ0n) is 12.4. The number of hydrogen-bond donors (Lipinski definition) is 1. The van der Waals surface area contributed by atoms with Crippen molar-refractivity contribution in [1.29, 1.82) is 0 Å². The summed E-state index contributed by atoms with van der Waals surface area (Å²) < 4.78 is 21.1. The summed E-state index contributed by atoms with van der Waals surface area (Å²) >= 11 is 0.900. The molecule has 9 heteroatoms. The van der Waals surface area contributed by atoms with E-state index < -0.39 is 23.9 Å². The fourth-order valence-corrected chi connectivity index (χ4v) is 3.61. The number of rotatable bonds is 3. The Balaban J connectivity index is 2.09. The molecule has 122 valence electrons. The van der Waals surface area contributed by atoms with Crippen LogP contribution in [0.3, 0.4) is 0 Å². The highest BCUT2D eigenvalue weighted by Gasteiger charge is 2.36. The van der Waals surface area contributed by atoms with Crippen molar-refractivity contribution in [3.63, 3.8) is 0 Å². The highest BCUT2D eigenvalue weighted by atomic mass is 32.1. The van der Waals surface area contributed by atoms with Crippen molar-refractivity contribution in [2.75, 3.05) is 11.4 Å². The minimum Gasteiger partial charge on any atom is -0.434 e. The van der Waals surface area contributed by atoms with E-state index in [0.29, 0.717) is 4.70 Å². The van der Waals surface area contributed by atoms with E-state index in [4.69, 9.17) is 10.5 Å². The smallest absolute Gasteiger partial charge is 0.415 e. The number of halogens is 1. The van der Waals surface area contributed by atoms with Gasteiger partial charge in [-0.25, -0.2) is 9.18 Å². The van der Waals surface area contributed by atoms with E-state index in [0.717, 1.165) is 22.3 Å². The summed E-state index contributed by atoms with van der Waals surface area (Å²) in [6, 6.07) is 2.50. The van der Waals surface area contributed by atoms with Crippen LogP contribution in [0.1, 0.15) is 19.9 Å². The second kappa shape index (κ2) is 5.34. The fraction of sp³-hybridized carbons (Fsp3) is 0.357. The average molecular weight is 339 g/mol. The number of cyclic esters (lactones) is 1. The number of hydrogen-bond acceptors (Lipinski definition) is 5. The zero-order chi connectivity index (χ0) is 16.9. The Bertz CT molecular complexity index is 873. The van der Waals surface area contributed by atoms with Gasteiger partial charge in [0.1, 0.15) is 0 Å². The van der Waals surface area contributed by atoms with Crippen LogP contribution in [0.2, 0.25) is 0 Å². The number of fused-ring (bicyclic) bond motifs is 1. The first-order chi connectivity index (χ1) is 10.8. The molecule has 1 aromatic carbocycles. The van der Waals surface area contributed by atoms with Crippen molar-refractivity contribution in [2.45, 2.75) is 26.0 Å². The van der Waals surface area contributed by atoms with Crippen molar-refractivity contribution in [3.05, 3.63) is 27.6 Å². The molecule has 2 amide bonds. The van der Waals surface area contributed by atoms with Gasteiger partial charge in [-0.05, 0) is 19.9 Å². The number of carbonyl (C=O) groups is 2. The molecule has 1 aliphatic rings. The topological polar surface area (TPSA) is 94.6 Å². The number of ether oxygens (including phenoxy) is 1. The van der Waals surface area contributed by atoms with Crippen LogP contribution in [0.5, 0.6) is 0 Å². The number of primary amides is 1. The maximum absolute atomic E-state index is 14.5. The number of benzene rings is 1. The lowest BCUT2D eigenvalue weighted by Gasteiger charge is -2.14. The quantitative estimate of drug-likeness (QED) is 0.919. The van der Waals surface area contributed by atoms with Crippen molar-refractivity contribution in [1.82, 2.24) is 4.57 Å². The molecule has 1 atom stereocenters. The molecule has 2 aromatic rings. The summed E-state index contributed by atoms with van der Waals surface area (Å²) in [6.45, 7) is 3.49. The molecule has 1 aliphatic heterocycles. The molecule has 2 heterocycles. The van der Waals surface area contributed by atoms with Crippen molar-refractivity contribution >= 4 is 39.2 Å². The summed E-state index contributed by atoms with van der Waals surface area (Å²) in [5, 5.41) is 0. The van der Waals surface area contributed by atoms with Crippen LogP contribution < -0.4 is 15.5 Å². The number of aromatic nitrogens is 1. The Morgan fingerprint density at radius 2 is 2.13 bits per heavy atom. The zero-order valence-corrected chi connectivity index (χ0v) is 13.2.